The Hall–Kier alpha value is -1.02. The van der Waals surface area contributed by atoms with E-state index in [1.54, 1.807) is 14.2 Å². The zero-order valence-corrected chi connectivity index (χ0v) is 14.5. The molecule has 0 unspecified atom stereocenters. The summed E-state index contributed by atoms with van der Waals surface area (Å²) >= 11 is 0. The number of halogens is 1. The molecular formula is C14H25IN4O. The molecule has 0 aliphatic carbocycles. The van der Waals surface area contributed by atoms with Crippen molar-refractivity contribution >= 4 is 35.6 Å². The third kappa shape index (κ3) is 8.98. The van der Waals surface area contributed by atoms with Gasteiger partial charge in [0, 0.05) is 39.5 Å². The van der Waals surface area contributed by atoms with Gasteiger partial charge >= 0.3 is 0 Å². The Labute approximate surface area is 138 Å². The van der Waals surface area contributed by atoms with Crippen LogP contribution in [0.15, 0.2) is 35.3 Å². The van der Waals surface area contributed by atoms with Gasteiger partial charge in [-0.1, -0.05) is 18.2 Å². The van der Waals surface area contributed by atoms with E-state index in [0.29, 0.717) is 6.61 Å². The quantitative estimate of drug-likeness (QED) is 0.274. The van der Waals surface area contributed by atoms with Crippen LogP contribution in [0.1, 0.15) is 6.42 Å². The average molecular weight is 392 g/mol. The standard InChI is InChI=1S/C14H24N4O.HI/c1-15-14(18-11-12-19-2)17-10-6-9-16-13-7-4-3-5-8-13;/h3-5,7-8,16H,6,9-12H2,1-2H3,(H2,15,17,18);1H. The molecule has 0 saturated heterocycles. The van der Waals surface area contributed by atoms with Crippen molar-refractivity contribution < 1.29 is 4.74 Å². The molecule has 3 N–H and O–H groups in total. The molecule has 0 amide bonds. The number of aliphatic imine (C=N–C) groups is 1. The summed E-state index contributed by atoms with van der Waals surface area (Å²) in [6, 6.07) is 10.2. The van der Waals surface area contributed by atoms with Gasteiger partial charge in [-0.2, -0.15) is 0 Å². The van der Waals surface area contributed by atoms with Gasteiger partial charge in [0.05, 0.1) is 6.61 Å². The Kier molecular flexibility index (Phi) is 12.3. The molecule has 6 heteroatoms. The van der Waals surface area contributed by atoms with Crippen LogP contribution in [0.5, 0.6) is 0 Å². The summed E-state index contributed by atoms with van der Waals surface area (Å²) in [5.74, 6) is 0.816. The summed E-state index contributed by atoms with van der Waals surface area (Å²) < 4.78 is 4.97. The second kappa shape index (κ2) is 13.0. The number of nitrogens with zero attached hydrogens (tertiary/aromatic N) is 1. The molecule has 0 spiro atoms. The van der Waals surface area contributed by atoms with Gasteiger partial charge in [0.15, 0.2) is 5.96 Å². The van der Waals surface area contributed by atoms with E-state index in [1.165, 1.54) is 0 Å². The molecule has 20 heavy (non-hydrogen) atoms. The van der Waals surface area contributed by atoms with E-state index in [-0.39, 0.29) is 24.0 Å². The maximum atomic E-state index is 4.97. The molecule has 0 aliphatic rings. The summed E-state index contributed by atoms with van der Waals surface area (Å²) in [6.45, 7) is 3.26. The minimum atomic E-state index is 0. The van der Waals surface area contributed by atoms with E-state index in [9.17, 15) is 0 Å². The van der Waals surface area contributed by atoms with Crippen molar-refractivity contribution in [2.75, 3.05) is 45.7 Å². The van der Waals surface area contributed by atoms with E-state index < -0.39 is 0 Å². The van der Waals surface area contributed by atoms with E-state index in [2.05, 4.69) is 33.1 Å². The second-order valence-electron chi connectivity index (χ2n) is 4.06. The van der Waals surface area contributed by atoms with E-state index in [1.807, 2.05) is 18.2 Å². The maximum absolute atomic E-state index is 4.97. The minimum absolute atomic E-state index is 0. The van der Waals surface area contributed by atoms with Crippen LogP contribution in [-0.2, 0) is 4.74 Å². The Morgan fingerprint density at radius 1 is 1.10 bits per heavy atom. The fraction of sp³-hybridized carbons (Fsp3) is 0.500. The number of rotatable bonds is 8. The Balaban J connectivity index is 0.00000361. The fourth-order valence-corrected chi connectivity index (χ4v) is 1.58. The summed E-state index contributed by atoms with van der Waals surface area (Å²) in [5.41, 5.74) is 1.16. The summed E-state index contributed by atoms with van der Waals surface area (Å²) in [5, 5.41) is 9.80. The van der Waals surface area contributed by atoms with Crippen LogP contribution in [0.3, 0.4) is 0 Å². The number of para-hydroxylation sites is 1. The minimum Gasteiger partial charge on any atom is -0.385 e. The summed E-state index contributed by atoms with van der Waals surface area (Å²) in [7, 11) is 3.46. The highest BCUT2D eigenvalue weighted by atomic mass is 127. The lowest BCUT2D eigenvalue weighted by Gasteiger charge is -2.12. The molecule has 0 fully saturated rings. The van der Waals surface area contributed by atoms with Crippen molar-refractivity contribution in [3.8, 4) is 0 Å². The first kappa shape index (κ1) is 19.0. The smallest absolute Gasteiger partial charge is 0.191 e. The molecule has 0 radical (unpaired) electrons. The molecule has 114 valence electrons. The van der Waals surface area contributed by atoms with Gasteiger partial charge in [-0.3, -0.25) is 4.99 Å². The SMILES string of the molecule is CN=C(NCCCNc1ccccc1)NCCOC.I. The zero-order valence-electron chi connectivity index (χ0n) is 12.2. The van der Waals surface area contributed by atoms with Gasteiger partial charge in [0.25, 0.3) is 0 Å². The normalized spacial score (nSPS) is 10.6. The van der Waals surface area contributed by atoms with Crippen molar-refractivity contribution in [3.05, 3.63) is 30.3 Å². The molecular weight excluding hydrogens is 367 g/mol. The summed E-state index contributed by atoms with van der Waals surface area (Å²) in [4.78, 5) is 4.13. The molecule has 0 atom stereocenters. The van der Waals surface area contributed by atoms with E-state index >= 15 is 0 Å². The van der Waals surface area contributed by atoms with Crippen LogP contribution >= 0.6 is 24.0 Å². The first-order chi connectivity index (χ1) is 9.36. The monoisotopic (exact) mass is 392 g/mol. The second-order valence-corrected chi connectivity index (χ2v) is 4.06. The molecule has 0 aliphatic heterocycles. The number of benzene rings is 1. The predicted octanol–water partition coefficient (Wildman–Crippen LogP) is 1.92. The van der Waals surface area contributed by atoms with Gasteiger partial charge in [0.2, 0.25) is 0 Å². The van der Waals surface area contributed by atoms with Gasteiger partial charge < -0.3 is 20.7 Å². The molecule has 1 aromatic rings. The molecule has 1 aromatic carbocycles. The van der Waals surface area contributed by atoms with Crippen molar-refractivity contribution in [3.63, 3.8) is 0 Å². The number of methoxy groups -OCH3 is 1. The fourth-order valence-electron chi connectivity index (χ4n) is 1.58. The first-order valence-corrected chi connectivity index (χ1v) is 6.59. The van der Waals surface area contributed by atoms with E-state index in [0.717, 1.165) is 37.7 Å². The van der Waals surface area contributed by atoms with Crippen molar-refractivity contribution in [2.45, 2.75) is 6.42 Å². The Morgan fingerprint density at radius 2 is 1.80 bits per heavy atom. The third-order valence-electron chi connectivity index (χ3n) is 2.57. The van der Waals surface area contributed by atoms with Gasteiger partial charge in [-0.25, -0.2) is 0 Å². The van der Waals surface area contributed by atoms with Gasteiger partial charge in [-0.15, -0.1) is 24.0 Å². The third-order valence-corrected chi connectivity index (χ3v) is 2.57. The summed E-state index contributed by atoms with van der Waals surface area (Å²) in [6.07, 6.45) is 1.03. The van der Waals surface area contributed by atoms with E-state index in [4.69, 9.17) is 4.74 Å². The molecule has 5 nitrogen and oxygen atoms in total. The number of nitrogens with one attached hydrogen (secondary N) is 3. The number of ether oxygens (including phenoxy) is 1. The molecule has 1 rings (SSSR count). The molecule has 0 saturated carbocycles. The average Bonchev–Trinajstić information content (AvgIpc) is 2.46. The lowest BCUT2D eigenvalue weighted by Crippen LogP contribution is -2.39. The lowest BCUT2D eigenvalue weighted by atomic mass is 10.3. The van der Waals surface area contributed by atoms with Crippen LogP contribution in [0.25, 0.3) is 0 Å². The highest BCUT2D eigenvalue weighted by molar-refractivity contribution is 14.0. The highest BCUT2D eigenvalue weighted by Gasteiger charge is 1.95. The number of anilines is 1. The number of hydrogen-bond donors (Lipinski definition) is 3. The predicted molar refractivity (Wildman–Crippen MR) is 96.2 cm³/mol. The number of guanidine groups is 1. The van der Waals surface area contributed by atoms with Crippen LogP contribution in [0.2, 0.25) is 0 Å². The van der Waals surface area contributed by atoms with Crippen LogP contribution in [0, 0.1) is 0 Å². The molecule has 0 heterocycles. The van der Waals surface area contributed by atoms with Gasteiger partial charge in [0.1, 0.15) is 0 Å². The number of hydrogen-bond acceptors (Lipinski definition) is 3. The lowest BCUT2D eigenvalue weighted by molar-refractivity contribution is 0.203. The largest absolute Gasteiger partial charge is 0.385 e. The Bertz CT molecular complexity index is 359. The molecule has 0 bridgehead atoms. The first-order valence-electron chi connectivity index (χ1n) is 6.59. The zero-order chi connectivity index (χ0) is 13.8. The van der Waals surface area contributed by atoms with Crippen LogP contribution in [-0.4, -0.2) is 46.4 Å². The highest BCUT2D eigenvalue weighted by Crippen LogP contribution is 2.03. The van der Waals surface area contributed by atoms with Crippen molar-refractivity contribution in [1.82, 2.24) is 10.6 Å². The van der Waals surface area contributed by atoms with Crippen LogP contribution in [0.4, 0.5) is 5.69 Å². The van der Waals surface area contributed by atoms with Crippen molar-refractivity contribution in [1.29, 1.82) is 0 Å². The molecule has 0 aromatic heterocycles. The maximum Gasteiger partial charge on any atom is 0.191 e. The van der Waals surface area contributed by atoms with Crippen molar-refractivity contribution in [2.24, 2.45) is 4.99 Å². The topological polar surface area (TPSA) is 57.7 Å². The van der Waals surface area contributed by atoms with Gasteiger partial charge in [-0.05, 0) is 18.6 Å². The Morgan fingerprint density at radius 3 is 2.45 bits per heavy atom. The van der Waals surface area contributed by atoms with Crippen LogP contribution < -0.4 is 16.0 Å².